The first-order valence-electron chi connectivity index (χ1n) is 6.45. The highest BCUT2D eigenvalue weighted by Crippen LogP contribution is 2.18. The van der Waals surface area contributed by atoms with Gasteiger partial charge in [0.1, 0.15) is 6.61 Å². The summed E-state index contributed by atoms with van der Waals surface area (Å²) >= 11 is 0. The third kappa shape index (κ3) is 4.29. The van der Waals surface area contributed by atoms with Crippen LogP contribution in [0.15, 0.2) is 18.2 Å². The third-order valence-corrected chi connectivity index (χ3v) is 3.10. The summed E-state index contributed by atoms with van der Waals surface area (Å²) in [6.45, 7) is -1.11. The van der Waals surface area contributed by atoms with E-state index in [1.807, 2.05) is 0 Å². The zero-order valence-corrected chi connectivity index (χ0v) is 11.1. The Balaban J connectivity index is 1.94. The third-order valence-electron chi connectivity index (χ3n) is 3.10. The molecule has 1 aliphatic rings. The van der Waals surface area contributed by atoms with Crippen LogP contribution in [0.2, 0.25) is 0 Å². The monoisotopic (exact) mass is 301 g/mol. The van der Waals surface area contributed by atoms with Crippen molar-refractivity contribution in [1.29, 1.82) is 0 Å². The predicted octanol–water partition coefficient (Wildman–Crippen LogP) is 2.12. The molecule has 0 unspecified atom stereocenters. The molecule has 7 heteroatoms. The van der Waals surface area contributed by atoms with Crippen molar-refractivity contribution in [3.63, 3.8) is 0 Å². The first-order chi connectivity index (χ1) is 9.87. The van der Waals surface area contributed by atoms with E-state index in [0.29, 0.717) is 24.1 Å². The van der Waals surface area contributed by atoms with Crippen molar-refractivity contribution in [1.82, 2.24) is 5.32 Å². The van der Waals surface area contributed by atoms with E-state index in [0.717, 1.165) is 5.56 Å². The van der Waals surface area contributed by atoms with Crippen LogP contribution in [0, 0.1) is 0 Å². The molecule has 1 amide bonds. The van der Waals surface area contributed by atoms with Gasteiger partial charge >= 0.3 is 6.18 Å². The number of carbonyl (C=O) groups excluding carboxylic acids is 2. The minimum atomic E-state index is -4.40. The second-order valence-electron chi connectivity index (χ2n) is 4.72. The van der Waals surface area contributed by atoms with Gasteiger partial charge in [0.25, 0.3) is 5.91 Å². The van der Waals surface area contributed by atoms with Gasteiger partial charge in [-0.25, -0.2) is 0 Å². The fourth-order valence-electron chi connectivity index (χ4n) is 2.08. The highest BCUT2D eigenvalue weighted by molar-refractivity contribution is 6.02. The smallest absolute Gasteiger partial charge is 0.372 e. The molecule has 0 spiro atoms. The summed E-state index contributed by atoms with van der Waals surface area (Å²) in [5.74, 6) is -0.586. The quantitative estimate of drug-likeness (QED) is 0.669. The fraction of sp³-hybridized carbons (Fsp3) is 0.429. The van der Waals surface area contributed by atoms with Gasteiger partial charge < -0.3 is 10.1 Å². The molecule has 1 aromatic carbocycles. The Morgan fingerprint density at radius 1 is 1.33 bits per heavy atom. The molecule has 4 nitrogen and oxygen atoms in total. The highest BCUT2D eigenvalue weighted by atomic mass is 19.4. The zero-order chi connectivity index (χ0) is 15.5. The van der Waals surface area contributed by atoms with Gasteiger partial charge in [-0.05, 0) is 18.1 Å². The van der Waals surface area contributed by atoms with Crippen LogP contribution < -0.4 is 5.32 Å². The molecule has 0 aromatic heterocycles. The maximum Gasteiger partial charge on any atom is 0.411 e. The largest absolute Gasteiger partial charge is 0.411 e. The molecule has 1 aromatic rings. The SMILES string of the molecule is O=C(CCOCC(F)(F)F)c1ccc2c(c1)C(=O)NCC2. The van der Waals surface area contributed by atoms with Gasteiger partial charge in [-0.1, -0.05) is 12.1 Å². The van der Waals surface area contributed by atoms with Crippen molar-refractivity contribution in [3.05, 3.63) is 34.9 Å². The standard InChI is InChI=1S/C14H14F3NO3/c15-14(16,17)8-21-6-4-12(19)10-2-1-9-3-5-18-13(20)11(9)7-10/h1-2,7H,3-6,8H2,(H,18,20). The molecule has 2 rings (SSSR count). The second-order valence-corrected chi connectivity index (χ2v) is 4.72. The molecule has 21 heavy (non-hydrogen) atoms. The van der Waals surface area contributed by atoms with Gasteiger partial charge in [-0.15, -0.1) is 0 Å². The average molecular weight is 301 g/mol. The number of hydrogen-bond acceptors (Lipinski definition) is 3. The molecular weight excluding hydrogens is 287 g/mol. The van der Waals surface area contributed by atoms with Crippen LogP contribution in [0.1, 0.15) is 32.7 Å². The predicted molar refractivity (Wildman–Crippen MR) is 68.3 cm³/mol. The lowest BCUT2D eigenvalue weighted by Gasteiger charge is -2.16. The number of hydrogen-bond donors (Lipinski definition) is 1. The Bertz CT molecular complexity index is 555. The number of rotatable bonds is 5. The summed E-state index contributed by atoms with van der Waals surface area (Å²) in [4.78, 5) is 23.5. The number of ketones is 1. The topological polar surface area (TPSA) is 55.4 Å². The van der Waals surface area contributed by atoms with E-state index in [9.17, 15) is 22.8 Å². The summed E-state index contributed by atoms with van der Waals surface area (Å²) in [7, 11) is 0. The van der Waals surface area contributed by atoms with Gasteiger partial charge in [0.05, 0.1) is 6.61 Å². The van der Waals surface area contributed by atoms with Crippen LogP contribution in [-0.2, 0) is 11.2 Å². The fourth-order valence-corrected chi connectivity index (χ4v) is 2.08. The van der Waals surface area contributed by atoms with Crippen molar-refractivity contribution in [2.45, 2.75) is 19.0 Å². The van der Waals surface area contributed by atoms with E-state index in [1.165, 1.54) is 6.07 Å². The van der Waals surface area contributed by atoms with Crippen LogP contribution in [0.3, 0.4) is 0 Å². The van der Waals surface area contributed by atoms with Crippen molar-refractivity contribution in [3.8, 4) is 0 Å². The molecule has 1 heterocycles. The van der Waals surface area contributed by atoms with Gasteiger partial charge in [0.2, 0.25) is 0 Å². The lowest BCUT2D eigenvalue weighted by atomic mass is 9.96. The maximum absolute atomic E-state index is 11.9. The number of amides is 1. The summed E-state index contributed by atoms with van der Waals surface area (Å²) in [5, 5.41) is 2.67. The van der Waals surface area contributed by atoms with E-state index >= 15 is 0 Å². The lowest BCUT2D eigenvalue weighted by molar-refractivity contribution is -0.173. The number of benzene rings is 1. The number of Topliss-reactive ketones (excluding diaryl/α,β-unsaturated/α-hetero) is 1. The Kier molecular flexibility index (Phi) is 4.62. The molecule has 114 valence electrons. The molecule has 0 atom stereocenters. The van der Waals surface area contributed by atoms with Crippen LogP contribution in [0.25, 0.3) is 0 Å². The highest BCUT2D eigenvalue weighted by Gasteiger charge is 2.27. The minimum Gasteiger partial charge on any atom is -0.372 e. The van der Waals surface area contributed by atoms with E-state index in [2.05, 4.69) is 10.1 Å². The van der Waals surface area contributed by atoms with Crippen LogP contribution in [0.4, 0.5) is 13.2 Å². The van der Waals surface area contributed by atoms with Crippen molar-refractivity contribution >= 4 is 11.7 Å². The molecule has 1 aliphatic heterocycles. The number of nitrogens with one attached hydrogen (secondary N) is 1. The van der Waals surface area contributed by atoms with E-state index in [-0.39, 0.29) is 24.7 Å². The van der Waals surface area contributed by atoms with E-state index in [1.54, 1.807) is 12.1 Å². The minimum absolute atomic E-state index is 0.156. The van der Waals surface area contributed by atoms with Gasteiger partial charge in [-0.2, -0.15) is 13.2 Å². The Morgan fingerprint density at radius 3 is 2.81 bits per heavy atom. The summed E-state index contributed by atoms with van der Waals surface area (Å²) in [5.41, 5.74) is 1.62. The van der Waals surface area contributed by atoms with Crippen LogP contribution in [0.5, 0.6) is 0 Å². The van der Waals surface area contributed by atoms with Gasteiger partial charge in [0, 0.05) is 24.1 Å². The number of ether oxygens (including phenoxy) is 1. The van der Waals surface area contributed by atoms with Gasteiger partial charge in [0.15, 0.2) is 5.78 Å². The van der Waals surface area contributed by atoms with Gasteiger partial charge in [-0.3, -0.25) is 9.59 Å². The second kappa shape index (κ2) is 6.26. The maximum atomic E-state index is 11.9. The van der Waals surface area contributed by atoms with Crippen molar-refractivity contribution in [2.75, 3.05) is 19.8 Å². The number of alkyl halides is 3. The molecule has 0 aliphatic carbocycles. The number of fused-ring (bicyclic) bond motifs is 1. The number of carbonyl (C=O) groups is 2. The first kappa shape index (κ1) is 15.5. The summed E-state index contributed by atoms with van der Waals surface area (Å²) < 4.78 is 40.0. The average Bonchev–Trinajstić information content (AvgIpc) is 2.42. The number of halogens is 3. The molecule has 0 bridgehead atoms. The Labute approximate surface area is 119 Å². The normalized spacial score (nSPS) is 14.5. The molecule has 0 radical (unpaired) electrons. The van der Waals surface area contributed by atoms with E-state index in [4.69, 9.17) is 0 Å². The lowest BCUT2D eigenvalue weighted by Crippen LogP contribution is -2.32. The van der Waals surface area contributed by atoms with Crippen molar-refractivity contribution < 1.29 is 27.5 Å². The molecular formula is C14H14F3NO3. The molecule has 0 saturated heterocycles. The van der Waals surface area contributed by atoms with Crippen molar-refractivity contribution in [2.24, 2.45) is 0 Å². The van der Waals surface area contributed by atoms with E-state index < -0.39 is 12.8 Å². The van der Waals surface area contributed by atoms with Crippen LogP contribution in [-0.4, -0.2) is 37.6 Å². The van der Waals surface area contributed by atoms with Crippen LogP contribution >= 0.6 is 0 Å². The summed E-state index contributed by atoms with van der Waals surface area (Å²) in [6, 6.07) is 4.78. The molecule has 0 saturated carbocycles. The Hall–Kier alpha value is -1.89. The first-order valence-corrected chi connectivity index (χ1v) is 6.45. The zero-order valence-electron chi connectivity index (χ0n) is 11.1. The Morgan fingerprint density at radius 2 is 2.10 bits per heavy atom. The summed E-state index contributed by atoms with van der Waals surface area (Å²) in [6.07, 6.45) is -3.85. The molecule has 0 fully saturated rings. The molecule has 1 N–H and O–H groups in total.